The lowest BCUT2D eigenvalue weighted by atomic mass is 10.1. The Morgan fingerprint density at radius 3 is 2.38 bits per heavy atom. The predicted octanol–water partition coefficient (Wildman–Crippen LogP) is 2.71. The zero-order chi connectivity index (χ0) is 12.3. The molecule has 0 radical (unpaired) electrons. The van der Waals surface area contributed by atoms with Crippen LogP contribution in [0.2, 0.25) is 0 Å². The molecule has 0 aliphatic heterocycles. The highest BCUT2D eigenvalue weighted by molar-refractivity contribution is 8.00. The molecule has 0 fully saturated rings. The van der Waals surface area contributed by atoms with Crippen molar-refractivity contribution >= 4 is 11.8 Å². The average Bonchev–Trinajstić information content (AvgIpc) is 2.20. The van der Waals surface area contributed by atoms with Crippen LogP contribution in [0, 0.1) is 5.82 Å². The molecule has 16 heavy (non-hydrogen) atoms. The lowest BCUT2D eigenvalue weighted by Crippen LogP contribution is -2.15. The van der Waals surface area contributed by atoms with E-state index in [1.807, 2.05) is 19.9 Å². The summed E-state index contributed by atoms with van der Waals surface area (Å²) in [4.78, 5) is 0.554. The SMILES string of the molecule is CC(O)C(C)Sc1ccc([C@@H](C)N)cc1F. The van der Waals surface area contributed by atoms with Crippen molar-refractivity contribution in [3.8, 4) is 0 Å². The Hall–Kier alpha value is -0.580. The Kier molecular flexibility index (Phi) is 4.77. The van der Waals surface area contributed by atoms with Crippen LogP contribution in [-0.2, 0) is 0 Å². The molecule has 90 valence electrons. The molecule has 1 rings (SSSR count). The van der Waals surface area contributed by atoms with Gasteiger partial charge >= 0.3 is 0 Å². The molecule has 2 unspecified atom stereocenters. The van der Waals surface area contributed by atoms with Gasteiger partial charge in [-0.05, 0) is 31.5 Å². The number of aliphatic hydroxyl groups is 1. The summed E-state index contributed by atoms with van der Waals surface area (Å²) in [5.41, 5.74) is 6.45. The molecular formula is C12H18FNOS. The molecule has 1 aromatic carbocycles. The van der Waals surface area contributed by atoms with Crippen molar-refractivity contribution in [2.45, 2.75) is 43.1 Å². The van der Waals surface area contributed by atoms with Crippen molar-refractivity contribution in [1.82, 2.24) is 0 Å². The first-order chi connectivity index (χ1) is 7.41. The normalized spacial score (nSPS) is 16.9. The Morgan fingerprint density at radius 2 is 1.94 bits per heavy atom. The minimum absolute atomic E-state index is 0.0318. The first-order valence-electron chi connectivity index (χ1n) is 5.31. The molecular weight excluding hydrogens is 225 g/mol. The van der Waals surface area contributed by atoms with Crippen LogP contribution in [0.15, 0.2) is 23.1 Å². The summed E-state index contributed by atoms with van der Waals surface area (Å²) in [6.07, 6.45) is -0.461. The first-order valence-corrected chi connectivity index (χ1v) is 6.19. The average molecular weight is 243 g/mol. The van der Waals surface area contributed by atoms with E-state index in [1.54, 1.807) is 13.0 Å². The second-order valence-corrected chi connectivity index (χ2v) is 5.46. The molecule has 0 amide bonds. The molecule has 0 saturated heterocycles. The number of hydrogen-bond donors (Lipinski definition) is 2. The summed E-state index contributed by atoms with van der Waals surface area (Å²) in [5.74, 6) is -0.271. The smallest absolute Gasteiger partial charge is 0.137 e. The van der Waals surface area contributed by atoms with Gasteiger partial charge in [0.25, 0.3) is 0 Å². The maximum Gasteiger partial charge on any atom is 0.137 e. The van der Waals surface area contributed by atoms with E-state index >= 15 is 0 Å². The Bertz CT molecular complexity index is 355. The third kappa shape index (κ3) is 3.47. The van der Waals surface area contributed by atoms with Crippen molar-refractivity contribution in [2.24, 2.45) is 5.73 Å². The topological polar surface area (TPSA) is 46.2 Å². The molecule has 0 bridgehead atoms. The highest BCUT2D eigenvalue weighted by Crippen LogP contribution is 2.29. The molecule has 3 N–H and O–H groups in total. The van der Waals surface area contributed by atoms with E-state index in [1.165, 1.54) is 17.8 Å². The molecule has 3 atom stereocenters. The first kappa shape index (κ1) is 13.5. The van der Waals surface area contributed by atoms with E-state index in [9.17, 15) is 9.50 Å². The van der Waals surface area contributed by atoms with E-state index in [2.05, 4.69) is 0 Å². The van der Waals surface area contributed by atoms with Gasteiger partial charge in [0.1, 0.15) is 5.82 Å². The number of benzene rings is 1. The van der Waals surface area contributed by atoms with E-state index in [-0.39, 0.29) is 17.1 Å². The van der Waals surface area contributed by atoms with Crippen molar-refractivity contribution in [2.75, 3.05) is 0 Å². The van der Waals surface area contributed by atoms with E-state index in [0.29, 0.717) is 4.90 Å². The van der Waals surface area contributed by atoms with Crippen LogP contribution in [0.25, 0.3) is 0 Å². The zero-order valence-corrected chi connectivity index (χ0v) is 10.6. The monoisotopic (exact) mass is 243 g/mol. The number of halogens is 1. The third-order valence-corrected chi connectivity index (χ3v) is 3.82. The fraction of sp³-hybridized carbons (Fsp3) is 0.500. The van der Waals surface area contributed by atoms with Gasteiger partial charge in [0.2, 0.25) is 0 Å². The lowest BCUT2D eigenvalue weighted by molar-refractivity contribution is 0.196. The number of rotatable bonds is 4. The molecule has 0 aliphatic carbocycles. The second-order valence-electron chi connectivity index (χ2n) is 4.04. The van der Waals surface area contributed by atoms with E-state index in [0.717, 1.165) is 5.56 Å². The zero-order valence-electron chi connectivity index (χ0n) is 9.77. The summed E-state index contributed by atoms with van der Waals surface area (Å²) >= 11 is 1.33. The van der Waals surface area contributed by atoms with Crippen LogP contribution >= 0.6 is 11.8 Å². The van der Waals surface area contributed by atoms with Gasteiger partial charge in [0, 0.05) is 16.2 Å². The molecule has 0 aromatic heterocycles. The molecule has 0 spiro atoms. The standard InChI is InChI=1S/C12H18FNOS/c1-7(14)10-4-5-12(11(13)6-10)16-9(3)8(2)15/h4-9,15H,14H2,1-3H3/t7-,8?,9?/m1/s1. The highest BCUT2D eigenvalue weighted by atomic mass is 32.2. The lowest BCUT2D eigenvalue weighted by Gasteiger charge is -2.15. The molecule has 0 saturated carbocycles. The molecule has 1 aromatic rings. The highest BCUT2D eigenvalue weighted by Gasteiger charge is 2.14. The van der Waals surface area contributed by atoms with Crippen LogP contribution in [0.3, 0.4) is 0 Å². The van der Waals surface area contributed by atoms with Crippen molar-refractivity contribution in [3.63, 3.8) is 0 Å². The summed E-state index contributed by atoms with van der Waals surface area (Å²) < 4.78 is 13.7. The third-order valence-electron chi connectivity index (χ3n) is 2.47. The quantitative estimate of drug-likeness (QED) is 0.799. The second kappa shape index (κ2) is 5.66. The van der Waals surface area contributed by atoms with E-state index < -0.39 is 6.10 Å². The van der Waals surface area contributed by atoms with Crippen LogP contribution < -0.4 is 5.73 Å². The van der Waals surface area contributed by atoms with Crippen LogP contribution in [0.1, 0.15) is 32.4 Å². The fourth-order valence-corrected chi connectivity index (χ4v) is 2.11. The number of thioether (sulfide) groups is 1. The minimum atomic E-state index is -0.461. The van der Waals surface area contributed by atoms with Crippen LogP contribution in [-0.4, -0.2) is 16.5 Å². The molecule has 0 aliphatic rings. The van der Waals surface area contributed by atoms with Crippen molar-refractivity contribution in [1.29, 1.82) is 0 Å². The van der Waals surface area contributed by atoms with Gasteiger partial charge in [-0.2, -0.15) is 0 Å². The van der Waals surface area contributed by atoms with Gasteiger partial charge in [0.05, 0.1) is 6.10 Å². The minimum Gasteiger partial charge on any atom is -0.392 e. The van der Waals surface area contributed by atoms with Gasteiger partial charge in [-0.15, -0.1) is 11.8 Å². The molecule has 4 heteroatoms. The maximum atomic E-state index is 13.7. The summed E-state index contributed by atoms with van der Waals surface area (Å²) in [7, 11) is 0. The maximum absolute atomic E-state index is 13.7. The summed E-state index contributed by atoms with van der Waals surface area (Å²) in [6.45, 7) is 5.39. The van der Waals surface area contributed by atoms with Gasteiger partial charge in [-0.1, -0.05) is 13.0 Å². The molecule has 2 nitrogen and oxygen atoms in total. The summed E-state index contributed by atoms with van der Waals surface area (Å²) in [6, 6.07) is 4.84. The van der Waals surface area contributed by atoms with Crippen molar-refractivity contribution < 1.29 is 9.50 Å². The van der Waals surface area contributed by atoms with E-state index in [4.69, 9.17) is 5.73 Å². The fourth-order valence-electron chi connectivity index (χ4n) is 1.19. The number of nitrogens with two attached hydrogens (primary N) is 1. The Balaban J connectivity index is 2.83. The predicted molar refractivity (Wildman–Crippen MR) is 66.0 cm³/mol. The number of hydrogen-bond acceptors (Lipinski definition) is 3. The van der Waals surface area contributed by atoms with Crippen LogP contribution in [0.5, 0.6) is 0 Å². The van der Waals surface area contributed by atoms with Crippen molar-refractivity contribution in [3.05, 3.63) is 29.6 Å². The van der Waals surface area contributed by atoms with Gasteiger partial charge in [0.15, 0.2) is 0 Å². The van der Waals surface area contributed by atoms with Gasteiger partial charge < -0.3 is 10.8 Å². The number of aliphatic hydroxyl groups excluding tert-OH is 1. The largest absolute Gasteiger partial charge is 0.392 e. The molecule has 0 heterocycles. The Morgan fingerprint density at radius 1 is 1.31 bits per heavy atom. The van der Waals surface area contributed by atoms with Gasteiger partial charge in [-0.3, -0.25) is 0 Å². The summed E-state index contributed by atoms with van der Waals surface area (Å²) in [5, 5.41) is 9.32. The van der Waals surface area contributed by atoms with Crippen LogP contribution in [0.4, 0.5) is 4.39 Å². The Labute approximate surface area is 100 Å². The van der Waals surface area contributed by atoms with Gasteiger partial charge in [-0.25, -0.2) is 4.39 Å².